The molecule has 3 aromatic carbocycles. The van der Waals surface area contributed by atoms with Crippen LogP contribution in [0.25, 0.3) is 22.5 Å². The molecule has 0 amide bonds. The maximum atomic E-state index is 6.99. The van der Waals surface area contributed by atoms with E-state index < -0.39 is 5.60 Å². The number of aromatic nitrogens is 2. The van der Waals surface area contributed by atoms with Gasteiger partial charge in [0.25, 0.3) is 0 Å². The van der Waals surface area contributed by atoms with Crippen molar-refractivity contribution in [2.45, 2.75) is 25.6 Å². The van der Waals surface area contributed by atoms with Gasteiger partial charge in [0, 0.05) is 27.8 Å². The molecule has 0 unspecified atom stereocenters. The van der Waals surface area contributed by atoms with Crippen LogP contribution in [-0.4, -0.2) is 9.97 Å². The Labute approximate surface area is 233 Å². The van der Waals surface area contributed by atoms with Crippen LogP contribution in [0.3, 0.4) is 0 Å². The average Bonchev–Trinajstić information content (AvgIpc) is 3.17. The Morgan fingerprint density at radius 2 is 1.30 bits per heavy atom. The number of aryl methyl sites for hydroxylation is 1. The topological polar surface area (TPSA) is 35.0 Å². The molecule has 0 atom stereocenters. The van der Waals surface area contributed by atoms with Crippen LogP contribution < -0.4 is 0 Å². The van der Waals surface area contributed by atoms with Gasteiger partial charge in [0.05, 0.1) is 18.0 Å². The highest BCUT2D eigenvalue weighted by Gasteiger charge is 2.45. The smallest absolute Gasteiger partial charge is 0.124 e. The quantitative estimate of drug-likeness (QED) is 0.193. The van der Waals surface area contributed by atoms with Crippen molar-refractivity contribution in [1.82, 2.24) is 9.97 Å². The molecule has 0 saturated heterocycles. The van der Waals surface area contributed by atoms with Crippen LogP contribution in [0.2, 0.25) is 0 Å². The third-order valence-electron chi connectivity index (χ3n) is 6.90. The molecule has 5 heteroatoms. The van der Waals surface area contributed by atoms with Crippen molar-refractivity contribution in [3.05, 3.63) is 140 Å². The molecule has 1 aliphatic rings. The summed E-state index contributed by atoms with van der Waals surface area (Å²) in [5.41, 5.74) is 9.17. The molecule has 5 aromatic rings. The minimum atomic E-state index is -0.667. The zero-order chi connectivity index (χ0) is 25.4. The number of pyridine rings is 2. The number of fused-ring (bicyclic) bond motifs is 3. The van der Waals surface area contributed by atoms with E-state index in [-0.39, 0.29) is 0 Å². The van der Waals surface area contributed by atoms with Crippen LogP contribution in [-0.2, 0) is 23.4 Å². The van der Waals surface area contributed by atoms with Crippen LogP contribution in [0.5, 0.6) is 0 Å². The summed E-state index contributed by atoms with van der Waals surface area (Å²) in [4.78, 5) is 9.32. The minimum absolute atomic E-state index is 0.498. The molecule has 0 saturated carbocycles. The van der Waals surface area contributed by atoms with E-state index in [0.29, 0.717) is 13.0 Å². The van der Waals surface area contributed by atoms with Gasteiger partial charge in [-0.25, -0.2) is 0 Å². The largest absolute Gasteiger partial charge is 0.360 e. The molecule has 0 aliphatic heterocycles. The van der Waals surface area contributed by atoms with Crippen LogP contribution in [0.4, 0.5) is 0 Å². The average molecular weight is 612 g/mol. The highest BCUT2D eigenvalue weighted by Crippen LogP contribution is 2.53. The predicted octanol–water partition coefficient (Wildman–Crippen LogP) is 8.66. The van der Waals surface area contributed by atoms with E-state index in [1.165, 1.54) is 11.1 Å². The predicted molar refractivity (Wildman–Crippen MR) is 155 cm³/mol. The van der Waals surface area contributed by atoms with Crippen molar-refractivity contribution in [1.29, 1.82) is 0 Å². The first kappa shape index (κ1) is 24.2. The first-order valence-electron chi connectivity index (χ1n) is 12.2. The van der Waals surface area contributed by atoms with Crippen molar-refractivity contribution in [2.24, 2.45) is 0 Å². The van der Waals surface area contributed by atoms with Gasteiger partial charge in [0.15, 0.2) is 0 Å². The lowest BCUT2D eigenvalue weighted by Crippen LogP contribution is -2.32. The highest BCUT2D eigenvalue weighted by atomic mass is 79.9. The van der Waals surface area contributed by atoms with Gasteiger partial charge in [-0.15, -0.1) is 0 Å². The molecule has 1 aliphatic carbocycles. The molecule has 6 rings (SSSR count). The lowest BCUT2D eigenvalue weighted by molar-refractivity contribution is -0.0273. The molecule has 37 heavy (non-hydrogen) atoms. The van der Waals surface area contributed by atoms with Crippen molar-refractivity contribution < 1.29 is 4.74 Å². The number of halogens is 2. The summed E-state index contributed by atoms with van der Waals surface area (Å²) in [6, 6.07) is 31.6. The fourth-order valence-electron chi connectivity index (χ4n) is 5.08. The maximum absolute atomic E-state index is 6.99. The Kier molecular flexibility index (Phi) is 6.53. The summed E-state index contributed by atoms with van der Waals surface area (Å²) in [5.74, 6) is 0. The summed E-state index contributed by atoms with van der Waals surface area (Å²) < 4.78 is 9.05. The molecular formula is C32H24Br2N2O. The SMILES string of the molecule is Cc1ccc(-c2ccc(CC3(OCc4ccccc4)c4cc(Br)ccc4-c4ccc(Br)cc43)cn2)nc1. The lowest BCUT2D eigenvalue weighted by Gasteiger charge is -2.33. The monoisotopic (exact) mass is 610 g/mol. The van der Waals surface area contributed by atoms with Gasteiger partial charge in [0.1, 0.15) is 5.60 Å². The zero-order valence-electron chi connectivity index (χ0n) is 20.3. The molecule has 182 valence electrons. The minimum Gasteiger partial charge on any atom is -0.360 e. The Morgan fingerprint density at radius 1 is 0.676 bits per heavy atom. The van der Waals surface area contributed by atoms with Crippen molar-refractivity contribution in [3.63, 3.8) is 0 Å². The van der Waals surface area contributed by atoms with Gasteiger partial charge in [-0.2, -0.15) is 0 Å². The summed E-state index contributed by atoms with van der Waals surface area (Å²) >= 11 is 7.43. The van der Waals surface area contributed by atoms with E-state index >= 15 is 0 Å². The lowest BCUT2D eigenvalue weighted by atomic mass is 9.85. The van der Waals surface area contributed by atoms with Gasteiger partial charge < -0.3 is 4.74 Å². The molecule has 0 radical (unpaired) electrons. The van der Waals surface area contributed by atoms with Gasteiger partial charge in [-0.05, 0) is 82.3 Å². The Hall–Kier alpha value is -3.12. The van der Waals surface area contributed by atoms with Gasteiger partial charge in [-0.3, -0.25) is 9.97 Å². The summed E-state index contributed by atoms with van der Waals surface area (Å²) in [6.07, 6.45) is 4.49. The Bertz CT molecular complexity index is 1510. The molecule has 2 heterocycles. The molecule has 0 N–H and O–H groups in total. The second-order valence-corrected chi connectivity index (χ2v) is 11.3. The second kappa shape index (κ2) is 9.97. The van der Waals surface area contributed by atoms with E-state index in [0.717, 1.165) is 48.2 Å². The number of benzene rings is 3. The van der Waals surface area contributed by atoms with E-state index in [1.807, 2.05) is 31.5 Å². The Balaban J connectivity index is 1.45. The molecule has 0 spiro atoms. The fourth-order valence-corrected chi connectivity index (χ4v) is 5.80. The third-order valence-corrected chi connectivity index (χ3v) is 7.89. The number of hydrogen-bond donors (Lipinski definition) is 0. The van der Waals surface area contributed by atoms with Crippen molar-refractivity contribution >= 4 is 31.9 Å². The molecule has 0 bridgehead atoms. The van der Waals surface area contributed by atoms with Crippen molar-refractivity contribution in [2.75, 3.05) is 0 Å². The van der Waals surface area contributed by atoms with E-state index in [9.17, 15) is 0 Å². The molecule has 3 nitrogen and oxygen atoms in total. The first-order valence-corrected chi connectivity index (χ1v) is 13.8. The Morgan fingerprint density at radius 3 is 1.86 bits per heavy atom. The summed E-state index contributed by atoms with van der Waals surface area (Å²) in [6.45, 7) is 2.54. The van der Waals surface area contributed by atoms with Crippen LogP contribution in [0, 0.1) is 6.92 Å². The first-order chi connectivity index (χ1) is 18.0. The molecular weight excluding hydrogens is 588 g/mol. The van der Waals surface area contributed by atoms with Gasteiger partial charge in [0.2, 0.25) is 0 Å². The number of ether oxygens (including phenoxy) is 1. The van der Waals surface area contributed by atoms with Crippen molar-refractivity contribution in [3.8, 4) is 22.5 Å². The number of rotatable bonds is 6. The summed E-state index contributed by atoms with van der Waals surface area (Å²) in [5, 5.41) is 0. The van der Waals surface area contributed by atoms with Gasteiger partial charge >= 0.3 is 0 Å². The van der Waals surface area contributed by atoms with Crippen LogP contribution in [0.15, 0.2) is 112 Å². The van der Waals surface area contributed by atoms with E-state index in [2.05, 4.69) is 116 Å². The van der Waals surface area contributed by atoms with Gasteiger partial charge in [-0.1, -0.05) is 86.5 Å². The van der Waals surface area contributed by atoms with E-state index in [1.54, 1.807) is 0 Å². The van der Waals surface area contributed by atoms with Crippen LogP contribution in [0.1, 0.15) is 27.8 Å². The second-order valence-electron chi connectivity index (χ2n) is 9.43. The summed E-state index contributed by atoms with van der Waals surface area (Å²) in [7, 11) is 0. The van der Waals surface area contributed by atoms with Crippen LogP contribution >= 0.6 is 31.9 Å². The standard InChI is InChI=1S/C32H24Br2N2O/c1-21-7-13-30(35-18-21)31-14-8-23(19-36-31)17-32(37-20-22-5-3-2-4-6-22)28-15-24(33)9-11-26(28)27-12-10-25(34)16-29(27)32/h2-16,18-19H,17,20H2,1H3. The molecule has 0 fully saturated rings. The highest BCUT2D eigenvalue weighted by molar-refractivity contribution is 9.10. The third kappa shape index (κ3) is 4.68. The normalized spacial score (nSPS) is 13.3. The fraction of sp³-hybridized carbons (Fsp3) is 0.125. The maximum Gasteiger partial charge on any atom is 0.124 e. The number of nitrogens with zero attached hydrogens (tertiary/aromatic N) is 2. The molecule has 2 aromatic heterocycles. The van der Waals surface area contributed by atoms with E-state index in [4.69, 9.17) is 9.72 Å². The number of hydrogen-bond acceptors (Lipinski definition) is 3. The zero-order valence-corrected chi connectivity index (χ0v) is 23.5.